The molecule has 0 bridgehead atoms. The normalized spacial score (nSPS) is 22.9. The number of aromatic amines is 1. The summed E-state index contributed by atoms with van der Waals surface area (Å²) in [6, 6.07) is 0. The van der Waals surface area contributed by atoms with E-state index in [1.165, 1.54) is 0 Å². The Balaban J connectivity index is 2.64. The van der Waals surface area contributed by atoms with Crippen LogP contribution in [0.25, 0.3) is 0 Å². The molecular formula is C22H29N3O11S. The van der Waals surface area contributed by atoms with Gasteiger partial charge in [0.1, 0.15) is 24.1 Å². The molecule has 0 amide bonds. The zero-order valence-electron chi connectivity index (χ0n) is 21.1. The second-order valence-corrected chi connectivity index (χ2v) is 8.63. The van der Waals surface area contributed by atoms with Gasteiger partial charge in [-0.05, 0) is 6.26 Å². The molecule has 1 aliphatic heterocycles. The van der Waals surface area contributed by atoms with Gasteiger partial charge in [0, 0.05) is 34.1 Å². The van der Waals surface area contributed by atoms with Crippen LogP contribution in [0.5, 0.6) is 0 Å². The fourth-order valence-corrected chi connectivity index (χ4v) is 3.95. The third-order valence-electron chi connectivity index (χ3n) is 4.96. The standard InChI is InChI=1S/C22H29N3O11S/c1-7-13(30)15-19(24-22(37-6)25-20(15)31)23-21-18(35-12(5)29)17(34-11(4)28)16(33-10(3)27)14(36-21)8-32-9(2)26/h14,16-18,21H,7-8H2,1-6H3,(H2,23,24,25,31). The monoisotopic (exact) mass is 543 g/mol. The number of anilines is 1. The van der Waals surface area contributed by atoms with Crippen LogP contribution in [0, 0.1) is 0 Å². The Morgan fingerprint density at radius 1 is 0.946 bits per heavy atom. The molecule has 0 aromatic carbocycles. The van der Waals surface area contributed by atoms with Crippen LogP contribution < -0.4 is 10.9 Å². The topological polar surface area (TPSA) is 189 Å². The minimum absolute atomic E-state index is 0.0172. The number of H-pyrrole nitrogens is 1. The van der Waals surface area contributed by atoms with E-state index in [9.17, 15) is 28.8 Å². The number of carbonyl (C=O) groups is 5. The highest BCUT2D eigenvalue weighted by atomic mass is 32.2. The summed E-state index contributed by atoms with van der Waals surface area (Å²) in [7, 11) is 0. The summed E-state index contributed by atoms with van der Waals surface area (Å²) in [6.07, 6.45) is -5.20. The zero-order chi connectivity index (χ0) is 27.9. The molecule has 204 valence electrons. The molecule has 5 atom stereocenters. The van der Waals surface area contributed by atoms with E-state index >= 15 is 0 Å². The van der Waals surface area contributed by atoms with Gasteiger partial charge in [0.15, 0.2) is 35.5 Å². The van der Waals surface area contributed by atoms with Crippen molar-refractivity contribution >= 4 is 47.2 Å². The lowest BCUT2D eigenvalue weighted by molar-refractivity contribution is -0.247. The van der Waals surface area contributed by atoms with Crippen LogP contribution in [0.4, 0.5) is 5.82 Å². The van der Waals surface area contributed by atoms with Gasteiger partial charge in [0.2, 0.25) is 0 Å². The highest BCUT2D eigenvalue weighted by Crippen LogP contribution is 2.30. The Morgan fingerprint density at radius 2 is 1.51 bits per heavy atom. The molecule has 37 heavy (non-hydrogen) atoms. The molecule has 1 aliphatic rings. The van der Waals surface area contributed by atoms with Gasteiger partial charge in [-0.1, -0.05) is 18.7 Å². The summed E-state index contributed by atoms with van der Waals surface area (Å²) in [4.78, 5) is 79.3. The predicted octanol–water partition coefficient (Wildman–Crippen LogP) is 0.580. The van der Waals surface area contributed by atoms with E-state index in [0.717, 1.165) is 39.5 Å². The lowest BCUT2D eigenvalue weighted by Gasteiger charge is -2.44. The van der Waals surface area contributed by atoms with E-state index < -0.39 is 72.5 Å². The molecule has 0 radical (unpaired) electrons. The number of nitrogens with one attached hydrogen (secondary N) is 2. The largest absolute Gasteiger partial charge is 0.463 e. The molecule has 2 heterocycles. The maximum atomic E-state index is 12.7. The van der Waals surface area contributed by atoms with Gasteiger partial charge in [0.05, 0.1) is 0 Å². The number of aromatic nitrogens is 2. The van der Waals surface area contributed by atoms with Crippen LogP contribution in [0.1, 0.15) is 51.4 Å². The van der Waals surface area contributed by atoms with Gasteiger partial charge in [-0.15, -0.1) is 0 Å². The number of hydrogen-bond donors (Lipinski definition) is 2. The number of esters is 4. The second kappa shape index (κ2) is 13.2. The summed E-state index contributed by atoms with van der Waals surface area (Å²) in [5, 5.41) is 2.97. The molecule has 0 spiro atoms. The number of nitrogens with zero attached hydrogens (tertiary/aromatic N) is 1. The molecule has 0 aliphatic carbocycles. The number of hydrogen-bond acceptors (Lipinski definition) is 14. The highest BCUT2D eigenvalue weighted by molar-refractivity contribution is 7.98. The number of ether oxygens (including phenoxy) is 5. The first-order chi connectivity index (χ1) is 17.4. The van der Waals surface area contributed by atoms with Crippen molar-refractivity contribution in [1.82, 2.24) is 9.97 Å². The molecule has 0 saturated carbocycles. The lowest BCUT2D eigenvalue weighted by Crippen LogP contribution is -2.64. The summed E-state index contributed by atoms with van der Waals surface area (Å²) < 4.78 is 27.1. The van der Waals surface area contributed by atoms with E-state index in [4.69, 9.17) is 23.7 Å². The minimum atomic E-state index is -1.44. The van der Waals surface area contributed by atoms with E-state index in [2.05, 4.69) is 15.3 Å². The van der Waals surface area contributed by atoms with Gasteiger partial charge in [-0.3, -0.25) is 28.8 Å². The van der Waals surface area contributed by atoms with Crippen LogP contribution in [0.3, 0.4) is 0 Å². The van der Waals surface area contributed by atoms with E-state index in [0.29, 0.717) is 0 Å². The summed E-state index contributed by atoms with van der Waals surface area (Å²) in [5.41, 5.74) is -1.01. The van der Waals surface area contributed by atoms with E-state index in [1.807, 2.05) is 0 Å². The van der Waals surface area contributed by atoms with Crippen LogP contribution in [-0.4, -0.2) is 83.1 Å². The van der Waals surface area contributed by atoms with Gasteiger partial charge in [-0.25, -0.2) is 4.98 Å². The molecule has 1 aromatic rings. The number of rotatable bonds is 10. The molecule has 15 heteroatoms. The molecule has 2 N–H and O–H groups in total. The van der Waals surface area contributed by atoms with Crippen LogP contribution >= 0.6 is 11.8 Å². The summed E-state index contributed by atoms with van der Waals surface area (Å²) in [6.45, 7) is 5.56. The third kappa shape index (κ3) is 8.01. The van der Waals surface area contributed by atoms with Crippen LogP contribution in [-0.2, 0) is 42.9 Å². The van der Waals surface area contributed by atoms with Gasteiger partial charge < -0.3 is 34.0 Å². The Morgan fingerprint density at radius 3 is 2.03 bits per heavy atom. The minimum Gasteiger partial charge on any atom is -0.463 e. The summed E-state index contributed by atoms with van der Waals surface area (Å²) >= 11 is 1.10. The first-order valence-electron chi connectivity index (χ1n) is 11.2. The first-order valence-corrected chi connectivity index (χ1v) is 12.4. The average Bonchev–Trinajstić information content (AvgIpc) is 2.80. The second-order valence-electron chi connectivity index (χ2n) is 7.84. The quantitative estimate of drug-likeness (QED) is 0.137. The van der Waals surface area contributed by atoms with Crippen LogP contribution in [0.15, 0.2) is 9.95 Å². The van der Waals surface area contributed by atoms with Gasteiger partial charge in [0.25, 0.3) is 5.56 Å². The molecule has 1 fully saturated rings. The molecule has 1 saturated heterocycles. The molecule has 14 nitrogen and oxygen atoms in total. The Hall–Kier alpha value is -3.46. The fraction of sp³-hybridized carbons (Fsp3) is 0.591. The van der Waals surface area contributed by atoms with Crippen molar-refractivity contribution in [2.24, 2.45) is 0 Å². The molecule has 1 aromatic heterocycles. The fourth-order valence-electron chi connectivity index (χ4n) is 3.57. The first kappa shape index (κ1) is 29.8. The lowest BCUT2D eigenvalue weighted by atomic mass is 9.97. The molecule has 2 rings (SSSR count). The van der Waals surface area contributed by atoms with Crippen molar-refractivity contribution in [2.45, 2.75) is 76.8 Å². The van der Waals surface area contributed by atoms with E-state index in [1.54, 1.807) is 13.2 Å². The Bertz CT molecular complexity index is 1110. The molecular weight excluding hydrogens is 514 g/mol. The number of Topliss-reactive ketones (excluding diaryl/α,β-unsaturated/α-hetero) is 1. The zero-order valence-corrected chi connectivity index (χ0v) is 22.0. The van der Waals surface area contributed by atoms with Crippen molar-refractivity contribution in [2.75, 3.05) is 18.2 Å². The average molecular weight is 544 g/mol. The van der Waals surface area contributed by atoms with Crippen molar-refractivity contribution in [1.29, 1.82) is 0 Å². The summed E-state index contributed by atoms with van der Waals surface area (Å²) in [5.74, 6) is -3.76. The van der Waals surface area contributed by atoms with Crippen molar-refractivity contribution in [3.63, 3.8) is 0 Å². The SMILES string of the molecule is CCC(=O)c1c(NC2OC(COC(C)=O)C(OC(C)=O)C(OC(C)=O)C2OC(C)=O)nc(SC)[nH]c1=O. The van der Waals surface area contributed by atoms with Crippen molar-refractivity contribution < 1.29 is 47.7 Å². The number of ketones is 1. The highest BCUT2D eigenvalue weighted by Gasteiger charge is 2.52. The third-order valence-corrected chi connectivity index (χ3v) is 5.54. The van der Waals surface area contributed by atoms with Crippen molar-refractivity contribution in [3.8, 4) is 0 Å². The van der Waals surface area contributed by atoms with Crippen molar-refractivity contribution in [3.05, 3.63) is 15.9 Å². The van der Waals surface area contributed by atoms with Crippen LogP contribution in [0.2, 0.25) is 0 Å². The van der Waals surface area contributed by atoms with E-state index in [-0.39, 0.29) is 23.0 Å². The maximum Gasteiger partial charge on any atom is 0.303 e. The van der Waals surface area contributed by atoms with Gasteiger partial charge >= 0.3 is 23.9 Å². The van der Waals surface area contributed by atoms with Gasteiger partial charge in [-0.2, -0.15) is 0 Å². The Kier molecular flexibility index (Phi) is 10.6. The number of thioether (sulfide) groups is 1. The number of carbonyl (C=O) groups excluding carboxylic acids is 5. The molecule has 5 unspecified atom stereocenters. The Labute approximate surface area is 216 Å². The predicted molar refractivity (Wildman–Crippen MR) is 127 cm³/mol. The smallest absolute Gasteiger partial charge is 0.303 e. The maximum absolute atomic E-state index is 12.7.